The molecule has 2 aliphatic heterocycles. The molecule has 7 rings (SSSR count). The van der Waals surface area contributed by atoms with Crippen LogP contribution >= 0.6 is 11.6 Å². The van der Waals surface area contributed by atoms with Gasteiger partial charge in [-0.15, -0.1) is 0 Å². The Bertz CT molecular complexity index is 1760. The number of imidazole rings is 2. The van der Waals surface area contributed by atoms with Crippen molar-refractivity contribution in [1.29, 1.82) is 0 Å². The van der Waals surface area contributed by atoms with Crippen molar-refractivity contribution in [3.63, 3.8) is 0 Å². The lowest BCUT2D eigenvalue weighted by molar-refractivity contribution is 0.0367. The highest BCUT2D eigenvalue weighted by atomic mass is 35.5. The molecule has 5 aromatic rings. The maximum absolute atomic E-state index is 14.7. The molecule has 8 nitrogen and oxygen atoms in total. The van der Waals surface area contributed by atoms with Crippen LogP contribution in [0.2, 0.25) is 5.02 Å². The van der Waals surface area contributed by atoms with E-state index in [1.807, 2.05) is 30.7 Å². The Balaban J connectivity index is 0.000000697. The molecule has 41 heavy (non-hydrogen) atoms. The lowest BCUT2D eigenvalue weighted by atomic mass is 9.92. The molecule has 2 aliphatic rings. The number of aryl methyl sites for hydroxylation is 1. The van der Waals surface area contributed by atoms with Crippen molar-refractivity contribution < 1.29 is 19.0 Å². The van der Waals surface area contributed by atoms with Gasteiger partial charge in [0, 0.05) is 44.3 Å². The highest BCUT2D eigenvalue weighted by Crippen LogP contribution is 2.34. The van der Waals surface area contributed by atoms with Crippen LogP contribution in [0.15, 0.2) is 54.6 Å². The third-order valence-electron chi connectivity index (χ3n) is 7.95. The topological polar surface area (TPSA) is 85.4 Å². The number of carboxylic acid groups (broad SMARTS) is 1. The smallest absolute Gasteiger partial charge is 0.335 e. The van der Waals surface area contributed by atoms with E-state index < -0.39 is 5.97 Å². The number of ether oxygens (including phenoxy) is 1. The van der Waals surface area contributed by atoms with Crippen molar-refractivity contribution in [2.75, 3.05) is 19.8 Å². The molecule has 1 fully saturated rings. The summed E-state index contributed by atoms with van der Waals surface area (Å²) in [5, 5.41) is 9.71. The minimum atomic E-state index is -0.952. The fraction of sp³-hybridized carbons (Fsp3) is 0.323. The molecular weight excluding hydrogens is 545 g/mol. The summed E-state index contributed by atoms with van der Waals surface area (Å²) >= 11 is 5.97. The molecule has 3 aromatic carbocycles. The van der Waals surface area contributed by atoms with E-state index in [0.29, 0.717) is 23.7 Å². The summed E-state index contributed by atoms with van der Waals surface area (Å²) in [6.07, 6.45) is 1.28. The first-order valence-corrected chi connectivity index (χ1v) is 14.1. The van der Waals surface area contributed by atoms with Crippen LogP contribution in [0.1, 0.15) is 52.4 Å². The summed E-state index contributed by atoms with van der Waals surface area (Å²) in [4.78, 5) is 23.4. The van der Waals surface area contributed by atoms with Gasteiger partial charge in [0.15, 0.2) is 0 Å². The Hall–Kier alpha value is -3.79. The van der Waals surface area contributed by atoms with Gasteiger partial charge in [0.25, 0.3) is 0 Å². The number of carbonyl (C=O) groups is 1. The molecular formula is C31H31ClFN5O3. The lowest BCUT2D eigenvalue weighted by Gasteiger charge is -2.27. The highest BCUT2D eigenvalue weighted by Gasteiger charge is 2.25. The first-order chi connectivity index (χ1) is 19.8. The van der Waals surface area contributed by atoms with E-state index in [2.05, 4.69) is 15.5 Å². The lowest BCUT2D eigenvalue weighted by Crippen LogP contribution is -2.34. The summed E-state index contributed by atoms with van der Waals surface area (Å²) in [6, 6.07) is 15.9. The van der Waals surface area contributed by atoms with Crippen molar-refractivity contribution in [1.82, 2.24) is 24.0 Å². The zero-order valence-corrected chi connectivity index (χ0v) is 23.7. The van der Waals surface area contributed by atoms with Gasteiger partial charge in [-0.25, -0.2) is 19.2 Å². The summed E-state index contributed by atoms with van der Waals surface area (Å²) in [5.74, 6) is 0.390. The van der Waals surface area contributed by atoms with Gasteiger partial charge in [0.05, 0.1) is 40.7 Å². The molecule has 1 N–H and O–H groups in total. The number of aromatic nitrogens is 4. The normalized spacial score (nSPS) is 15.7. The third kappa shape index (κ3) is 5.32. The minimum absolute atomic E-state index is 0.176. The predicted octanol–water partition coefficient (Wildman–Crippen LogP) is 5.99. The van der Waals surface area contributed by atoms with E-state index in [9.17, 15) is 14.3 Å². The van der Waals surface area contributed by atoms with Crippen LogP contribution in [0.4, 0.5) is 4.39 Å². The standard InChI is InChI=1S/C28H25ClFN5O2.C3H6O/c1-16(19-8-7-18(29)13-21(19)30)20-4-3-5-23-27(20)32-26-15-34(10-11-35(23)26)14-25-31-22-9-6-17(28(36)37)12-24(22)33(25)2;1-2-4-3-1/h3-9,12-13,16H,10-11,14-15H2,1-2H3,(H,36,37);1-3H2. The maximum atomic E-state index is 14.7. The van der Waals surface area contributed by atoms with E-state index in [1.165, 1.54) is 12.5 Å². The Morgan fingerprint density at radius 2 is 1.85 bits per heavy atom. The molecule has 4 heterocycles. The average molecular weight is 576 g/mol. The van der Waals surface area contributed by atoms with Gasteiger partial charge in [-0.2, -0.15) is 0 Å². The zero-order valence-electron chi connectivity index (χ0n) is 23.0. The second-order valence-corrected chi connectivity index (χ2v) is 11.0. The Kier molecular flexibility index (Phi) is 7.50. The van der Waals surface area contributed by atoms with Gasteiger partial charge >= 0.3 is 5.97 Å². The van der Waals surface area contributed by atoms with Crippen molar-refractivity contribution in [2.24, 2.45) is 7.05 Å². The summed E-state index contributed by atoms with van der Waals surface area (Å²) in [7, 11) is 1.92. The maximum Gasteiger partial charge on any atom is 0.335 e. The summed E-state index contributed by atoms with van der Waals surface area (Å²) in [6.45, 7) is 6.88. The molecule has 10 heteroatoms. The van der Waals surface area contributed by atoms with Crippen LogP contribution in [0.3, 0.4) is 0 Å². The quantitative estimate of drug-likeness (QED) is 0.277. The molecule has 0 amide bonds. The molecule has 0 bridgehead atoms. The number of rotatable bonds is 5. The second kappa shape index (κ2) is 11.2. The first kappa shape index (κ1) is 27.4. The fourth-order valence-corrected chi connectivity index (χ4v) is 5.63. The SMILES string of the molecule is C1COC1.CC(c1ccc(Cl)cc1F)c1cccc2c1nc1n2CCN(Cc2nc3ccc(C(=O)O)cc3n2C)C1. The molecule has 2 aromatic heterocycles. The van der Waals surface area contributed by atoms with Gasteiger partial charge in [-0.1, -0.05) is 36.7 Å². The molecule has 0 spiro atoms. The van der Waals surface area contributed by atoms with Gasteiger partial charge in [0.1, 0.15) is 17.5 Å². The van der Waals surface area contributed by atoms with Crippen LogP contribution in [0, 0.1) is 5.82 Å². The average Bonchev–Trinajstić information content (AvgIpc) is 3.43. The molecule has 212 valence electrons. The van der Waals surface area contributed by atoms with E-state index in [4.69, 9.17) is 26.3 Å². The molecule has 0 saturated carbocycles. The van der Waals surface area contributed by atoms with Gasteiger partial charge in [-0.05, 0) is 53.9 Å². The first-order valence-electron chi connectivity index (χ1n) is 13.7. The summed E-state index contributed by atoms with van der Waals surface area (Å²) < 4.78 is 23.6. The van der Waals surface area contributed by atoms with E-state index in [1.54, 1.807) is 30.3 Å². The zero-order chi connectivity index (χ0) is 28.7. The van der Waals surface area contributed by atoms with Crippen molar-refractivity contribution >= 4 is 39.6 Å². The Morgan fingerprint density at radius 1 is 1.07 bits per heavy atom. The number of fused-ring (bicyclic) bond motifs is 4. The number of carboxylic acids is 1. The van der Waals surface area contributed by atoms with E-state index >= 15 is 0 Å². The minimum Gasteiger partial charge on any atom is -0.478 e. The van der Waals surface area contributed by atoms with Crippen LogP contribution in [-0.2, 0) is 31.4 Å². The monoisotopic (exact) mass is 575 g/mol. The molecule has 0 radical (unpaired) electrons. The Labute approximate surface area is 241 Å². The Morgan fingerprint density at radius 3 is 2.56 bits per heavy atom. The van der Waals surface area contributed by atoms with Crippen molar-refractivity contribution in [3.8, 4) is 0 Å². The fourth-order valence-electron chi connectivity index (χ4n) is 5.47. The highest BCUT2D eigenvalue weighted by molar-refractivity contribution is 6.30. The molecule has 1 unspecified atom stereocenters. The number of nitrogens with zero attached hydrogens (tertiary/aromatic N) is 5. The molecule has 0 aliphatic carbocycles. The van der Waals surface area contributed by atoms with Crippen LogP contribution in [-0.4, -0.2) is 54.8 Å². The third-order valence-corrected chi connectivity index (χ3v) is 8.19. The number of halogens is 2. The largest absolute Gasteiger partial charge is 0.478 e. The van der Waals surface area contributed by atoms with Crippen LogP contribution in [0.25, 0.3) is 22.1 Å². The molecule has 1 saturated heterocycles. The number of benzene rings is 3. The predicted molar refractivity (Wildman–Crippen MR) is 156 cm³/mol. The summed E-state index contributed by atoms with van der Waals surface area (Å²) in [5.41, 5.74) is 5.35. The molecule has 1 atom stereocenters. The number of hydrogen-bond donors (Lipinski definition) is 1. The van der Waals surface area contributed by atoms with Crippen LogP contribution < -0.4 is 0 Å². The number of para-hydroxylation sites is 1. The second-order valence-electron chi connectivity index (χ2n) is 10.6. The van der Waals surface area contributed by atoms with E-state index in [-0.39, 0.29) is 17.3 Å². The number of hydrogen-bond acceptors (Lipinski definition) is 5. The van der Waals surface area contributed by atoms with E-state index in [0.717, 1.165) is 65.6 Å². The van der Waals surface area contributed by atoms with Gasteiger partial charge in [0.2, 0.25) is 0 Å². The van der Waals surface area contributed by atoms with Crippen molar-refractivity contribution in [2.45, 2.75) is 38.9 Å². The van der Waals surface area contributed by atoms with Gasteiger partial charge < -0.3 is 19.0 Å². The number of aromatic carboxylic acids is 1. The van der Waals surface area contributed by atoms with Gasteiger partial charge in [-0.3, -0.25) is 4.90 Å². The van der Waals surface area contributed by atoms with Crippen molar-refractivity contribution in [3.05, 3.63) is 93.8 Å². The van der Waals surface area contributed by atoms with Crippen LogP contribution in [0.5, 0.6) is 0 Å².